The molecule has 0 spiro atoms. The summed E-state index contributed by atoms with van der Waals surface area (Å²) in [6.45, 7) is 2.79. The number of hydrogen-bond acceptors (Lipinski definition) is 5. The summed E-state index contributed by atoms with van der Waals surface area (Å²) in [6, 6.07) is 0. The van der Waals surface area contributed by atoms with E-state index in [1.165, 1.54) is 0 Å². The van der Waals surface area contributed by atoms with Crippen LogP contribution in [0.4, 0.5) is 0 Å². The van der Waals surface area contributed by atoms with E-state index in [4.69, 9.17) is 4.74 Å². The third-order valence-electron chi connectivity index (χ3n) is 3.10. The summed E-state index contributed by atoms with van der Waals surface area (Å²) in [6.07, 6.45) is 0.266. The summed E-state index contributed by atoms with van der Waals surface area (Å²) in [5.41, 5.74) is 0. The van der Waals surface area contributed by atoms with Crippen molar-refractivity contribution < 1.29 is 17.9 Å². The number of carbonyl (C=O) groups excluding carboxylic acids is 1. The second kappa shape index (κ2) is 5.32. The minimum absolute atomic E-state index is 0.00593. The highest BCUT2D eigenvalue weighted by Gasteiger charge is 2.27. The van der Waals surface area contributed by atoms with Gasteiger partial charge in [-0.3, -0.25) is 4.79 Å². The van der Waals surface area contributed by atoms with Crippen molar-refractivity contribution in [1.82, 2.24) is 10.2 Å². The lowest BCUT2D eigenvalue weighted by Crippen LogP contribution is -2.47. The van der Waals surface area contributed by atoms with Gasteiger partial charge in [0.05, 0.1) is 30.6 Å². The Morgan fingerprint density at radius 2 is 2.06 bits per heavy atom. The van der Waals surface area contributed by atoms with Gasteiger partial charge in [-0.1, -0.05) is 0 Å². The molecule has 0 bridgehead atoms. The molecule has 2 aliphatic heterocycles. The van der Waals surface area contributed by atoms with E-state index in [1.54, 1.807) is 4.90 Å². The van der Waals surface area contributed by atoms with E-state index in [0.717, 1.165) is 6.54 Å². The van der Waals surface area contributed by atoms with Crippen LogP contribution in [0.1, 0.15) is 6.42 Å². The quantitative estimate of drug-likeness (QED) is 0.664. The smallest absolute Gasteiger partial charge is 0.225 e. The average molecular weight is 262 g/mol. The number of amides is 1. The first-order chi connectivity index (χ1) is 8.07. The van der Waals surface area contributed by atoms with Crippen LogP contribution in [-0.2, 0) is 19.4 Å². The predicted molar refractivity (Wildman–Crippen MR) is 62.5 cm³/mol. The molecule has 0 aromatic rings. The van der Waals surface area contributed by atoms with Crippen LogP contribution in [0.25, 0.3) is 0 Å². The zero-order valence-corrected chi connectivity index (χ0v) is 10.5. The number of ether oxygens (including phenoxy) is 1. The topological polar surface area (TPSA) is 75.7 Å². The molecule has 17 heavy (non-hydrogen) atoms. The maximum atomic E-state index is 11.9. The van der Waals surface area contributed by atoms with Gasteiger partial charge in [-0.15, -0.1) is 0 Å². The van der Waals surface area contributed by atoms with Crippen molar-refractivity contribution in [2.24, 2.45) is 0 Å². The van der Waals surface area contributed by atoms with Crippen molar-refractivity contribution in [2.75, 3.05) is 44.3 Å². The number of sulfone groups is 1. The minimum Gasteiger partial charge on any atom is -0.375 e. The highest BCUT2D eigenvalue weighted by molar-refractivity contribution is 7.91. The molecule has 1 N–H and O–H groups in total. The van der Waals surface area contributed by atoms with Crippen LogP contribution >= 0.6 is 0 Å². The third kappa shape index (κ3) is 3.65. The van der Waals surface area contributed by atoms with Gasteiger partial charge in [0.15, 0.2) is 9.84 Å². The zero-order chi connectivity index (χ0) is 12.3. The molecule has 1 unspecified atom stereocenters. The second-order valence-corrected chi connectivity index (χ2v) is 6.74. The lowest BCUT2D eigenvalue weighted by molar-refractivity contribution is -0.134. The normalized spacial score (nSPS) is 28.9. The Morgan fingerprint density at radius 3 is 2.65 bits per heavy atom. The fraction of sp³-hybridized carbons (Fsp3) is 0.900. The largest absolute Gasteiger partial charge is 0.375 e. The molecular weight excluding hydrogens is 244 g/mol. The van der Waals surface area contributed by atoms with Gasteiger partial charge in [0.25, 0.3) is 0 Å². The van der Waals surface area contributed by atoms with Crippen LogP contribution in [0, 0.1) is 0 Å². The first kappa shape index (κ1) is 12.8. The maximum absolute atomic E-state index is 11.9. The Labute approximate surface area is 101 Å². The lowest BCUT2D eigenvalue weighted by Gasteiger charge is -2.29. The maximum Gasteiger partial charge on any atom is 0.225 e. The highest BCUT2D eigenvalue weighted by atomic mass is 32.2. The summed E-state index contributed by atoms with van der Waals surface area (Å²) < 4.78 is 27.9. The number of nitrogens with one attached hydrogen (secondary N) is 1. The van der Waals surface area contributed by atoms with Crippen molar-refractivity contribution in [2.45, 2.75) is 12.5 Å². The Bertz CT molecular complexity index is 362. The third-order valence-corrected chi connectivity index (χ3v) is 4.71. The number of hydrogen-bond donors (Lipinski definition) is 1. The van der Waals surface area contributed by atoms with Gasteiger partial charge in [-0.25, -0.2) is 8.42 Å². The Kier molecular flexibility index (Phi) is 4.01. The molecule has 2 heterocycles. The first-order valence-corrected chi connectivity index (χ1v) is 7.69. The van der Waals surface area contributed by atoms with Crippen molar-refractivity contribution in [3.8, 4) is 0 Å². The SMILES string of the molecule is O=C(CC1CNCCO1)N1CCS(=O)(=O)CC1. The van der Waals surface area contributed by atoms with E-state index in [2.05, 4.69) is 5.32 Å². The molecule has 2 saturated heterocycles. The summed E-state index contributed by atoms with van der Waals surface area (Å²) in [5, 5.41) is 3.16. The molecule has 98 valence electrons. The number of rotatable bonds is 2. The van der Waals surface area contributed by atoms with Gasteiger partial charge in [-0.05, 0) is 0 Å². The summed E-state index contributed by atoms with van der Waals surface area (Å²) in [4.78, 5) is 13.5. The molecule has 0 aromatic heterocycles. The van der Waals surface area contributed by atoms with Gasteiger partial charge in [0.1, 0.15) is 0 Å². The van der Waals surface area contributed by atoms with Crippen molar-refractivity contribution in [3.05, 3.63) is 0 Å². The highest BCUT2D eigenvalue weighted by Crippen LogP contribution is 2.09. The van der Waals surface area contributed by atoms with Gasteiger partial charge >= 0.3 is 0 Å². The monoisotopic (exact) mass is 262 g/mol. The summed E-state index contributed by atoms with van der Waals surface area (Å²) >= 11 is 0. The molecule has 2 rings (SSSR count). The zero-order valence-electron chi connectivity index (χ0n) is 9.72. The molecule has 1 atom stereocenters. The van der Waals surface area contributed by atoms with E-state index < -0.39 is 9.84 Å². The summed E-state index contributed by atoms with van der Waals surface area (Å²) in [7, 11) is -2.92. The van der Waals surface area contributed by atoms with Crippen LogP contribution in [-0.4, -0.2) is 69.6 Å². The molecule has 0 radical (unpaired) electrons. The average Bonchev–Trinajstić information content (AvgIpc) is 2.30. The van der Waals surface area contributed by atoms with Crippen LogP contribution in [0.3, 0.4) is 0 Å². The van der Waals surface area contributed by atoms with Crippen LogP contribution in [0.2, 0.25) is 0 Å². The van der Waals surface area contributed by atoms with Crippen molar-refractivity contribution in [1.29, 1.82) is 0 Å². The Balaban J connectivity index is 1.80. The number of morpholine rings is 1. The van der Waals surface area contributed by atoms with E-state index in [-0.39, 0.29) is 23.5 Å². The fourth-order valence-corrected chi connectivity index (χ4v) is 3.24. The molecule has 0 saturated carbocycles. The standard InChI is InChI=1S/C10H18N2O4S/c13-10(7-9-8-11-1-4-16-9)12-2-5-17(14,15)6-3-12/h9,11H,1-8H2. The van der Waals surface area contributed by atoms with Gasteiger partial charge in [0, 0.05) is 26.2 Å². The molecule has 6 nitrogen and oxygen atoms in total. The Hall–Kier alpha value is -0.660. The van der Waals surface area contributed by atoms with Crippen LogP contribution in [0.5, 0.6) is 0 Å². The minimum atomic E-state index is -2.92. The molecule has 0 aromatic carbocycles. The van der Waals surface area contributed by atoms with E-state index >= 15 is 0 Å². The molecule has 2 fully saturated rings. The van der Waals surface area contributed by atoms with E-state index in [1.807, 2.05) is 0 Å². The van der Waals surface area contributed by atoms with Gasteiger partial charge in [0.2, 0.25) is 5.91 Å². The van der Waals surface area contributed by atoms with Gasteiger partial charge in [-0.2, -0.15) is 0 Å². The molecule has 1 amide bonds. The van der Waals surface area contributed by atoms with E-state index in [9.17, 15) is 13.2 Å². The molecular formula is C10H18N2O4S. The molecule has 0 aliphatic carbocycles. The van der Waals surface area contributed by atoms with Crippen LogP contribution in [0.15, 0.2) is 0 Å². The molecule has 2 aliphatic rings. The van der Waals surface area contributed by atoms with Gasteiger partial charge < -0.3 is 15.0 Å². The lowest BCUT2D eigenvalue weighted by atomic mass is 10.2. The predicted octanol–water partition coefficient (Wildman–Crippen LogP) is -1.38. The Morgan fingerprint density at radius 1 is 1.35 bits per heavy atom. The summed E-state index contributed by atoms with van der Waals surface area (Å²) in [5.74, 6) is 0.166. The fourth-order valence-electron chi connectivity index (χ4n) is 2.04. The van der Waals surface area contributed by atoms with Crippen molar-refractivity contribution >= 4 is 15.7 Å². The second-order valence-electron chi connectivity index (χ2n) is 4.43. The van der Waals surface area contributed by atoms with E-state index in [0.29, 0.717) is 32.7 Å². The number of nitrogens with zero attached hydrogens (tertiary/aromatic N) is 1. The number of carbonyl (C=O) groups is 1. The van der Waals surface area contributed by atoms with Crippen LogP contribution < -0.4 is 5.32 Å². The first-order valence-electron chi connectivity index (χ1n) is 5.87. The van der Waals surface area contributed by atoms with Crippen molar-refractivity contribution in [3.63, 3.8) is 0 Å². The molecule has 7 heteroatoms.